The Balaban J connectivity index is 1.55. The molecule has 2 N–H and O–H groups in total. The van der Waals surface area contributed by atoms with Gasteiger partial charge in [0.2, 0.25) is 0 Å². The molecule has 4 rings (SSSR count). The highest BCUT2D eigenvalue weighted by Crippen LogP contribution is 2.24. The smallest absolute Gasteiger partial charge is 0.302 e. The first-order chi connectivity index (χ1) is 12.7. The van der Waals surface area contributed by atoms with Crippen LogP contribution in [0.25, 0.3) is 22.4 Å². The third-order valence-electron chi connectivity index (χ3n) is 3.82. The number of H-pyrrole nitrogens is 1. The van der Waals surface area contributed by atoms with Gasteiger partial charge in [-0.25, -0.2) is 0 Å². The number of nitrogens with one attached hydrogen (secondary N) is 2. The van der Waals surface area contributed by atoms with Crippen molar-refractivity contribution in [3.8, 4) is 22.4 Å². The molecule has 0 fully saturated rings. The largest absolute Gasteiger partial charge is 0.431 e. The van der Waals surface area contributed by atoms with E-state index in [0.717, 1.165) is 11.1 Å². The SMILES string of the molecule is O=C(Nc1nc(-c2ccc(Cl)cc2)co1)c1[nH]ncc1-c1ccccc1. The van der Waals surface area contributed by atoms with Crippen LogP contribution in [0.5, 0.6) is 0 Å². The predicted octanol–water partition coefficient (Wildman–Crippen LogP) is 4.64. The number of hydrogen-bond acceptors (Lipinski definition) is 4. The standard InChI is InChI=1S/C19H13ClN4O2/c20-14-8-6-13(7-9-14)16-11-26-19(22-16)23-18(25)17-15(10-21-24-17)12-4-2-1-3-5-12/h1-11H,(H,21,24)(H,22,23,25). The Bertz CT molecular complexity index is 1040. The number of carbonyl (C=O) groups is 1. The van der Waals surface area contributed by atoms with E-state index in [1.165, 1.54) is 6.26 Å². The Hall–Kier alpha value is -3.38. The Morgan fingerprint density at radius 1 is 1.04 bits per heavy atom. The van der Waals surface area contributed by atoms with Crippen molar-refractivity contribution in [3.05, 3.63) is 77.8 Å². The first-order valence-electron chi connectivity index (χ1n) is 7.82. The molecule has 0 aliphatic carbocycles. The minimum atomic E-state index is -0.383. The van der Waals surface area contributed by atoms with E-state index in [9.17, 15) is 4.79 Å². The summed E-state index contributed by atoms with van der Waals surface area (Å²) in [6.45, 7) is 0. The highest BCUT2D eigenvalue weighted by molar-refractivity contribution is 6.30. The second-order valence-electron chi connectivity index (χ2n) is 5.52. The Labute approximate surface area is 153 Å². The lowest BCUT2D eigenvalue weighted by molar-refractivity contribution is 0.102. The molecule has 0 radical (unpaired) electrons. The molecule has 0 unspecified atom stereocenters. The van der Waals surface area contributed by atoms with Gasteiger partial charge in [-0.05, 0) is 17.7 Å². The Kier molecular flexibility index (Phi) is 4.25. The maximum atomic E-state index is 12.6. The van der Waals surface area contributed by atoms with Crippen LogP contribution in [0, 0.1) is 0 Å². The number of amides is 1. The van der Waals surface area contributed by atoms with Gasteiger partial charge < -0.3 is 4.42 Å². The summed E-state index contributed by atoms with van der Waals surface area (Å²) in [7, 11) is 0. The van der Waals surface area contributed by atoms with Gasteiger partial charge in [0.05, 0.1) is 6.20 Å². The monoisotopic (exact) mass is 364 g/mol. The molecule has 0 aliphatic rings. The lowest BCUT2D eigenvalue weighted by Crippen LogP contribution is -2.13. The van der Waals surface area contributed by atoms with Gasteiger partial charge in [0.25, 0.3) is 5.91 Å². The fourth-order valence-corrected chi connectivity index (χ4v) is 2.67. The summed E-state index contributed by atoms with van der Waals surface area (Å²) < 4.78 is 5.35. The summed E-state index contributed by atoms with van der Waals surface area (Å²) in [5.74, 6) is -0.383. The highest BCUT2D eigenvalue weighted by atomic mass is 35.5. The van der Waals surface area contributed by atoms with Gasteiger partial charge in [0.15, 0.2) is 0 Å². The molecule has 1 amide bonds. The van der Waals surface area contributed by atoms with Crippen molar-refractivity contribution in [2.75, 3.05) is 5.32 Å². The molecule has 2 heterocycles. The van der Waals surface area contributed by atoms with Crippen LogP contribution in [-0.4, -0.2) is 21.1 Å². The molecule has 6 nitrogen and oxygen atoms in total. The number of rotatable bonds is 4. The van der Waals surface area contributed by atoms with Gasteiger partial charge in [-0.3, -0.25) is 15.2 Å². The fraction of sp³-hybridized carbons (Fsp3) is 0. The molecule has 26 heavy (non-hydrogen) atoms. The van der Waals surface area contributed by atoms with Crippen molar-refractivity contribution >= 4 is 23.5 Å². The maximum absolute atomic E-state index is 12.6. The van der Waals surface area contributed by atoms with E-state index in [4.69, 9.17) is 16.0 Å². The fourth-order valence-electron chi connectivity index (χ4n) is 2.54. The zero-order valence-corrected chi connectivity index (χ0v) is 14.2. The second-order valence-corrected chi connectivity index (χ2v) is 5.96. The summed E-state index contributed by atoms with van der Waals surface area (Å²) in [5.41, 5.74) is 3.37. The van der Waals surface area contributed by atoms with Crippen molar-refractivity contribution < 1.29 is 9.21 Å². The number of benzene rings is 2. The molecule has 0 aliphatic heterocycles. The molecule has 4 aromatic rings. The first-order valence-corrected chi connectivity index (χ1v) is 8.20. The minimum absolute atomic E-state index is 0.105. The van der Waals surface area contributed by atoms with Crippen molar-refractivity contribution in [2.45, 2.75) is 0 Å². The van der Waals surface area contributed by atoms with Crippen LogP contribution < -0.4 is 5.32 Å². The summed E-state index contributed by atoms with van der Waals surface area (Å²) in [6, 6.07) is 16.8. The molecule has 2 aromatic heterocycles. The average molecular weight is 365 g/mol. The van der Waals surface area contributed by atoms with Gasteiger partial charge >= 0.3 is 6.01 Å². The summed E-state index contributed by atoms with van der Waals surface area (Å²) >= 11 is 5.89. The molecule has 0 spiro atoms. The van der Waals surface area contributed by atoms with E-state index in [2.05, 4.69) is 20.5 Å². The van der Waals surface area contributed by atoms with Crippen molar-refractivity contribution in [3.63, 3.8) is 0 Å². The van der Waals surface area contributed by atoms with E-state index in [1.807, 2.05) is 42.5 Å². The second kappa shape index (κ2) is 6.85. The van der Waals surface area contributed by atoms with Crippen LogP contribution in [0.15, 0.2) is 71.5 Å². The normalized spacial score (nSPS) is 10.7. The summed E-state index contributed by atoms with van der Waals surface area (Å²) in [5, 5.41) is 9.98. The topological polar surface area (TPSA) is 83.8 Å². The number of hydrogen-bond donors (Lipinski definition) is 2. The van der Waals surface area contributed by atoms with Crippen molar-refractivity contribution in [1.82, 2.24) is 15.2 Å². The molecular formula is C19H13ClN4O2. The van der Waals surface area contributed by atoms with Gasteiger partial charge in [-0.15, -0.1) is 0 Å². The number of carbonyl (C=O) groups excluding carboxylic acids is 1. The first kappa shape index (κ1) is 16.1. The summed E-state index contributed by atoms with van der Waals surface area (Å²) in [6.07, 6.45) is 3.09. The average Bonchev–Trinajstić information content (AvgIpc) is 3.32. The van der Waals surface area contributed by atoms with Crippen LogP contribution in [0.4, 0.5) is 6.01 Å². The third kappa shape index (κ3) is 3.22. The number of aromatic nitrogens is 3. The molecule has 0 saturated carbocycles. The number of nitrogens with zero attached hydrogens (tertiary/aromatic N) is 2. The van der Waals surface area contributed by atoms with Crippen LogP contribution in [0.1, 0.15) is 10.5 Å². The van der Waals surface area contributed by atoms with Crippen LogP contribution in [0.2, 0.25) is 5.02 Å². The van der Waals surface area contributed by atoms with E-state index >= 15 is 0 Å². The van der Waals surface area contributed by atoms with Gasteiger partial charge in [0.1, 0.15) is 17.7 Å². The maximum Gasteiger partial charge on any atom is 0.302 e. The van der Waals surface area contributed by atoms with Gasteiger partial charge in [-0.2, -0.15) is 10.1 Å². The van der Waals surface area contributed by atoms with E-state index in [0.29, 0.717) is 22.0 Å². The quantitative estimate of drug-likeness (QED) is 0.552. The number of anilines is 1. The molecule has 0 bridgehead atoms. The zero-order chi connectivity index (χ0) is 17.9. The van der Waals surface area contributed by atoms with Crippen LogP contribution in [0.3, 0.4) is 0 Å². The lowest BCUT2D eigenvalue weighted by atomic mass is 10.1. The van der Waals surface area contributed by atoms with Crippen LogP contribution >= 0.6 is 11.6 Å². The van der Waals surface area contributed by atoms with E-state index in [-0.39, 0.29) is 11.9 Å². The Morgan fingerprint density at radius 3 is 2.58 bits per heavy atom. The van der Waals surface area contributed by atoms with Gasteiger partial charge in [-0.1, -0.05) is 54.1 Å². The third-order valence-corrected chi connectivity index (χ3v) is 4.07. The van der Waals surface area contributed by atoms with Crippen molar-refractivity contribution in [2.24, 2.45) is 0 Å². The van der Waals surface area contributed by atoms with Crippen LogP contribution in [-0.2, 0) is 0 Å². The molecule has 128 valence electrons. The molecule has 7 heteroatoms. The van der Waals surface area contributed by atoms with Gasteiger partial charge in [0, 0.05) is 16.1 Å². The number of oxazole rings is 1. The van der Waals surface area contributed by atoms with Crippen molar-refractivity contribution in [1.29, 1.82) is 0 Å². The van der Waals surface area contributed by atoms with E-state index < -0.39 is 0 Å². The lowest BCUT2D eigenvalue weighted by Gasteiger charge is -2.02. The molecule has 0 saturated heterocycles. The summed E-state index contributed by atoms with van der Waals surface area (Å²) in [4.78, 5) is 16.8. The molecule has 2 aromatic carbocycles. The van der Waals surface area contributed by atoms with E-state index in [1.54, 1.807) is 18.3 Å². The number of halogens is 1. The highest BCUT2D eigenvalue weighted by Gasteiger charge is 2.17. The minimum Gasteiger partial charge on any atom is -0.431 e. The zero-order valence-electron chi connectivity index (χ0n) is 13.4. The number of aromatic amines is 1. The molecule has 0 atom stereocenters. The Morgan fingerprint density at radius 2 is 1.81 bits per heavy atom. The molecular weight excluding hydrogens is 352 g/mol. The predicted molar refractivity (Wildman–Crippen MR) is 98.9 cm³/mol.